The van der Waals surface area contributed by atoms with E-state index in [1.54, 1.807) is 0 Å². The summed E-state index contributed by atoms with van der Waals surface area (Å²) in [7, 11) is 0. The lowest BCUT2D eigenvalue weighted by Crippen LogP contribution is -2.29. The zero-order chi connectivity index (χ0) is 16.8. The van der Waals surface area contributed by atoms with Crippen molar-refractivity contribution in [2.45, 2.75) is 39.0 Å². The molecule has 0 saturated carbocycles. The molecule has 0 bridgehead atoms. The molecule has 0 saturated heterocycles. The Balaban J connectivity index is 1.44. The number of ether oxygens (including phenoxy) is 1. The van der Waals surface area contributed by atoms with E-state index < -0.39 is 0 Å². The number of fused-ring (bicyclic) bond motifs is 1. The summed E-state index contributed by atoms with van der Waals surface area (Å²) in [6.45, 7) is 3.09. The highest BCUT2D eigenvalue weighted by Crippen LogP contribution is 2.29. The number of carbonyl (C=O) groups is 1. The van der Waals surface area contributed by atoms with Gasteiger partial charge in [-0.1, -0.05) is 42.0 Å². The van der Waals surface area contributed by atoms with Gasteiger partial charge in [-0.25, -0.2) is 0 Å². The molecule has 0 unspecified atom stereocenters. The fourth-order valence-corrected chi connectivity index (χ4v) is 3.19. The van der Waals surface area contributed by atoms with Gasteiger partial charge in [-0.2, -0.15) is 0 Å². The smallest absolute Gasteiger partial charge is 0.224 e. The lowest BCUT2D eigenvalue weighted by Gasteiger charge is -2.19. The molecule has 126 valence electrons. The quantitative estimate of drug-likeness (QED) is 0.825. The molecule has 0 fully saturated rings. The number of hydrogen-bond donors (Lipinski definition) is 1. The molecule has 0 spiro atoms. The van der Waals surface area contributed by atoms with Gasteiger partial charge in [-0.3, -0.25) is 4.79 Å². The van der Waals surface area contributed by atoms with Gasteiger partial charge in [0, 0.05) is 0 Å². The first kappa shape index (κ1) is 16.6. The average Bonchev–Trinajstić information content (AvgIpc) is 2.61. The van der Waals surface area contributed by atoms with Gasteiger partial charge in [-0.05, 0) is 55.4 Å². The van der Waals surface area contributed by atoms with Crippen molar-refractivity contribution < 1.29 is 9.53 Å². The molecule has 3 nitrogen and oxygen atoms in total. The highest BCUT2D eigenvalue weighted by molar-refractivity contribution is 5.78. The van der Waals surface area contributed by atoms with E-state index in [1.165, 1.54) is 29.5 Å². The molecule has 1 aliphatic carbocycles. The summed E-state index contributed by atoms with van der Waals surface area (Å²) in [6, 6.07) is 14.4. The molecule has 3 heteroatoms. The Bertz CT molecular complexity index is 691. The Hall–Kier alpha value is -2.29. The highest BCUT2D eigenvalue weighted by Gasteiger charge is 2.13. The summed E-state index contributed by atoms with van der Waals surface area (Å²) in [5, 5.41) is 2.93. The Morgan fingerprint density at radius 2 is 1.88 bits per heavy atom. The molecule has 0 aliphatic heterocycles. The van der Waals surface area contributed by atoms with Crippen molar-refractivity contribution in [3.8, 4) is 5.75 Å². The van der Waals surface area contributed by atoms with Gasteiger partial charge in [-0.15, -0.1) is 0 Å². The second-order valence-electron chi connectivity index (χ2n) is 6.46. The predicted molar refractivity (Wildman–Crippen MR) is 96.5 cm³/mol. The molecular weight excluding hydrogens is 298 g/mol. The van der Waals surface area contributed by atoms with Crippen LogP contribution in [0.15, 0.2) is 42.5 Å². The summed E-state index contributed by atoms with van der Waals surface area (Å²) in [4.78, 5) is 12.0. The lowest BCUT2D eigenvalue weighted by molar-refractivity contribution is -0.120. The van der Waals surface area contributed by atoms with Crippen molar-refractivity contribution in [3.63, 3.8) is 0 Å². The summed E-state index contributed by atoms with van der Waals surface area (Å²) in [5.74, 6) is 1.03. The minimum atomic E-state index is 0.0394. The molecule has 1 amide bonds. The minimum Gasteiger partial charge on any atom is -0.491 e. The topological polar surface area (TPSA) is 38.3 Å². The van der Waals surface area contributed by atoms with Gasteiger partial charge in [0.1, 0.15) is 12.4 Å². The van der Waals surface area contributed by atoms with Crippen LogP contribution in [0.4, 0.5) is 0 Å². The third kappa shape index (κ3) is 4.38. The normalized spacial score (nSPS) is 13.2. The number of carbonyl (C=O) groups excluding carboxylic acids is 1. The molecule has 0 aromatic heterocycles. The van der Waals surface area contributed by atoms with E-state index >= 15 is 0 Å². The molecule has 3 rings (SSSR count). The largest absolute Gasteiger partial charge is 0.491 e. The van der Waals surface area contributed by atoms with Crippen molar-refractivity contribution >= 4 is 5.91 Å². The van der Waals surface area contributed by atoms with E-state index in [9.17, 15) is 4.79 Å². The summed E-state index contributed by atoms with van der Waals surface area (Å²) in [6.07, 6.45) is 5.18. The fourth-order valence-electron chi connectivity index (χ4n) is 3.19. The Labute approximate surface area is 144 Å². The van der Waals surface area contributed by atoms with Crippen LogP contribution >= 0.6 is 0 Å². The summed E-state index contributed by atoms with van der Waals surface area (Å²) >= 11 is 0. The Kier molecular flexibility index (Phi) is 5.52. The second-order valence-corrected chi connectivity index (χ2v) is 6.46. The third-order valence-electron chi connectivity index (χ3n) is 4.52. The Morgan fingerprint density at radius 1 is 1.08 bits per heavy atom. The number of nitrogens with one attached hydrogen (secondary N) is 1. The molecule has 1 aliphatic rings. The standard InChI is InChI=1S/C21H25NO2/c1-16-9-11-17(12-10-16)15-21(23)22-13-14-24-20-8-4-6-18-5-2-3-7-19(18)20/h4,6,8-12H,2-3,5,7,13-15H2,1H3,(H,22,23). The SMILES string of the molecule is Cc1ccc(CC(=O)NCCOc2cccc3c2CCCC3)cc1. The predicted octanol–water partition coefficient (Wildman–Crippen LogP) is 3.61. The minimum absolute atomic E-state index is 0.0394. The van der Waals surface area contributed by atoms with Crippen molar-refractivity contribution in [1.82, 2.24) is 5.32 Å². The zero-order valence-electron chi connectivity index (χ0n) is 14.3. The maximum atomic E-state index is 12.0. The number of amides is 1. The van der Waals surface area contributed by atoms with Crippen LogP contribution in [0.25, 0.3) is 0 Å². The first-order chi connectivity index (χ1) is 11.7. The lowest BCUT2D eigenvalue weighted by atomic mass is 9.91. The number of benzene rings is 2. The van der Waals surface area contributed by atoms with Gasteiger partial charge in [0.15, 0.2) is 0 Å². The fraction of sp³-hybridized carbons (Fsp3) is 0.381. The molecule has 1 N–H and O–H groups in total. The molecule has 24 heavy (non-hydrogen) atoms. The van der Waals surface area contributed by atoms with Crippen molar-refractivity contribution in [2.24, 2.45) is 0 Å². The number of hydrogen-bond acceptors (Lipinski definition) is 2. The van der Waals surface area contributed by atoms with Crippen molar-refractivity contribution in [3.05, 3.63) is 64.7 Å². The van der Waals surface area contributed by atoms with Gasteiger partial charge in [0.2, 0.25) is 5.91 Å². The molecule has 2 aromatic carbocycles. The number of aryl methyl sites for hydroxylation is 2. The van der Waals surface area contributed by atoms with Crippen LogP contribution in [0.3, 0.4) is 0 Å². The van der Waals surface area contributed by atoms with Crippen LogP contribution in [0.1, 0.15) is 35.1 Å². The highest BCUT2D eigenvalue weighted by atomic mass is 16.5. The average molecular weight is 323 g/mol. The van der Waals surface area contributed by atoms with Crippen LogP contribution < -0.4 is 10.1 Å². The third-order valence-corrected chi connectivity index (χ3v) is 4.52. The monoisotopic (exact) mass is 323 g/mol. The van der Waals surface area contributed by atoms with Crippen LogP contribution in [-0.2, 0) is 24.1 Å². The first-order valence-electron chi connectivity index (χ1n) is 8.78. The summed E-state index contributed by atoms with van der Waals surface area (Å²) < 4.78 is 5.91. The molecule has 0 radical (unpaired) electrons. The zero-order valence-corrected chi connectivity index (χ0v) is 14.3. The summed E-state index contributed by atoms with van der Waals surface area (Å²) in [5.41, 5.74) is 5.02. The van der Waals surface area contributed by atoms with Crippen LogP contribution in [-0.4, -0.2) is 19.1 Å². The van der Waals surface area contributed by atoms with E-state index in [4.69, 9.17) is 4.74 Å². The maximum absolute atomic E-state index is 12.0. The van der Waals surface area contributed by atoms with E-state index in [0.717, 1.165) is 24.2 Å². The molecule has 0 atom stereocenters. The van der Waals surface area contributed by atoms with Gasteiger partial charge in [0.05, 0.1) is 13.0 Å². The molecular formula is C21H25NO2. The van der Waals surface area contributed by atoms with Crippen molar-refractivity contribution in [1.29, 1.82) is 0 Å². The second kappa shape index (κ2) is 8.00. The van der Waals surface area contributed by atoms with Crippen LogP contribution in [0.2, 0.25) is 0 Å². The van der Waals surface area contributed by atoms with E-state index in [1.807, 2.05) is 37.3 Å². The van der Waals surface area contributed by atoms with E-state index in [-0.39, 0.29) is 5.91 Å². The first-order valence-corrected chi connectivity index (χ1v) is 8.78. The molecule has 2 aromatic rings. The van der Waals surface area contributed by atoms with Crippen molar-refractivity contribution in [2.75, 3.05) is 13.2 Å². The van der Waals surface area contributed by atoms with E-state index in [2.05, 4.69) is 17.4 Å². The van der Waals surface area contributed by atoms with E-state index in [0.29, 0.717) is 19.6 Å². The van der Waals surface area contributed by atoms with Gasteiger partial charge < -0.3 is 10.1 Å². The van der Waals surface area contributed by atoms with Crippen LogP contribution in [0, 0.1) is 6.92 Å². The number of rotatable bonds is 6. The maximum Gasteiger partial charge on any atom is 0.224 e. The van der Waals surface area contributed by atoms with Crippen LogP contribution in [0.5, 0.6) is 5.75 Å². The Morgan fingerprint density at radius 3 is 2.71 bits per heavy atom. The van der Waals surface area contributed by atoms with Gasteiger partial charge in [0.25, 0.3) is 0 Å². The molecule has 0 heterocycles. The van der Waals surface area contributed by atoms with Gasteiger partial charge >= 0.3 is 0 Å².